The second kappa shape index (κ2) is 6.08. The first kappa shape index (κ1) is 19.4. The maximum absolute atomic E-state index is 14.1. The minimum atomic E-state index is -5.35. The van der Waals surface area contributed by atoms with E-state index in [0.29, 0.717) is 9.13 Å². The van der Waals surface area contributed by atoms with Gasteiger partial charge in [-0.3, -0.25) is 23.5 Å². The third-order valence-corrected chi connectivity index (χ3v) is 4.65. The van der Waals surface area contributed by atoms with Crippen LogP contribution in [0.15, 0.2) is 33.9 Å². The molecular formula is C17H15F3N4O4. The lowest BCUT2D eigenvalue weighted by molar-refractivity contribution is -0.196. The molecule has 1 aliphatic heterocycles. The molecule has 0 radical (unpaired) electrons. The van der Waals surface area contributed by atoms with Crippen molar-refractivity contribution in [3.8, 4) is 0 Å². The van der Waals surface area contributed by atoms with Gasteiger partial charge in [0, 0.05) is 19.7 Å². The summed E-state index contributed by atoms with van der Waals surface area (Å²) in [5, 5.41) is 3.60. The van der Waals surface area contributed by atoms with Crippen molar-refractivity contribution in [3.63, 3.8) is 0 Å². The molecule has 148 valence electrons. The van der Waals surface area contributed by atoms with Crippen molar-refractivity contribution in [2.45, 2.75) is 18.6 Å². The average Bonchev–Trinajstić information content (AvgIpc) is 2.92. The minimum Gasteiger partial charge on any atom is -0.326 e. The maximum Gasteiger partial charge on any atom is 0.425 e. The molecule has 0 spiro atoms. The number of fused-ring (bicyclic) bond motifs is 1. The van der Waals surface area contributed by atoms with E-state index < -0.39 is 46.2 Å². The van der Waals surface area contributed by atoms with Gasteiger partial charge in [0.2, 0.25) is 0 Å². The standard InChI is InChI=1S/C17H15F3N4O4/c1-8-4-6-9(7-5-8)12(25)22-16(17(18,19)20)10-11(21-14(16)27)23(2)15(28)24(3)13(10)26/h4-7H,1-3H3,(H,21,27)(H,22,25)/t16-/m0/s1. The number of nitrogens with zero attached hydrogens (tertiary/aromatic N) is 2. The predicted octanol–water partition coefficient (Wildman–Crippen LogP) is 0.532. The van der Waals surface area contributed by atoms with Gasteiger partial charge in [0.1, 0.15) is 11.4 Å². The van der Waals surface area contributed by atoms with Crippen LogP contribution in [0, 0.1) is 6.92 Å². The second-order valence-electron chi connectivity index (χ2n) is 6.45. The van der Waals surface area contributed by atoms with Gasteiger partial charge in [0.25, 0.3) is 22.9 Å². The number of aryl methyl sites for hydroxylation is 1. The number of amides is 2. The number of hydrogen-bond donors (Lipinski definition) is 2. The number of benzene rings is 1. The Labute approximate surface area is 155 Å². The maximum atomic E-state index is 14.1. The largest absolute Gasteiger partial charge is 0.425 e. The number of aromatic nitrogens is 2. The highest BCUT2D eigenvalue weighted by atomic mass is 19.4. The minimum absolute atomic E-state index is 0.128. The van der Waals surface area contributed by atoms with Crippen molar-refractivity contribution >= 4 is 17.6 Å². The van der Waals surface area contributed by atoms with Gasteiger partial charge in [-0.05, 0) is 19.1 Å². The fraction of sp³-hybridized carbons (Fsp3) is 0.294. The molecule has 0 bridgehead atoms. The van der Waals surface area contributed by atoms with E-state index in [1.807, 2.05) is 5.32 Å². The second-order valence-corrected chi connectivity index (χ2v) is 6.45. The van der Waals surface area contributed by atoms with E-state index in [-0.39, 0.29) is 5.56 Å². The Balaban J connectivity index is 2.27. The number of anilines is 1. The molecule has 1 aromatic carbocycles. The van der Waals surface area contributed by atoms with Gasteiger partial charge in [-0.2, -0.15) is 13.2 Å². The molecule has 0 aliphatic carbocycles. The summed E-state index contributed by atoms with van der Waals surface area (Å²) in [7, 11) is 2.09. The number of carbonyl (C=O) groups is 2. The first-order valence-electron chi connectivity index (χ1n) is 7.99. The van der Waals surface area contributed by atoms with Crippen LogP contribution in [-0.2, 0) is 24.4 Å². The first-order chi connectivity index (χ1) is 12.9. The lowest BCUT2D eigenvalue weighted by Crippen LogP contribution is -2.62. The number of alkyl halides is 3. The summed E-state index contributed by atoms with van der Waals surface area (Å²) >= 11 is 0. The molecule has 1 atom stereocenters. The molecule has 2 N–H and O–H groups in total. The average molecular weight is 396 g/mol. The molecule has 1 aromatic heterocycles. The molecule has 0 unspecified atom stereocenters. The van der Waals surface area contributed by atoms with Crippen LogP contribution in [0.2, 0.25) is 0 Å². The van der Waals surface area contributed by atoms with Crippen molar-refractivity contribution < 1.29 is 22.8 Å². The summed E-state index contributed by atoms with van der Waals surface area (Å²) in [4.78, 5) is 49.4. The summed E-state index contributed by atoms with van der Waals surface area (Å²) in [6.07, 6.45) is -5.35. The molecule has 3 rings (SSSR count). The third-order valence-electron chi connectivity index (χ3n) is 4.65. The molecule has 2 heterocycles. The van der Waals surface area contributed by atoms with E-state index in [1.54, 1.807) is 12.2 Å². The van der Waals surface area contributed by atoms with E-state index in [9.17, 15) is 32.3 Å². The zero-order valence-corrected chi connectivity index (χ0v) is 15.0. The molecular weight excluding hydrogens is 381 g/mol. The van der Waals surface area contributed by atoms with Gasteiger partial charge >= 0.3 is 11.9 Å². The summed E-state index contributed by atoms with van der Waals surface area (Å²) in [6, 6.07) is 5.61. The molecule has 0 saturated carbocycles. The number of carbonyl (C=O) groups excluding carboxylic acids is 2. The Bertz CT molecular complexity index is 1120. The predicted molar refractivity (Wildman–Crippen MR) is 91.9 cm³/mol. The Morgan fingerprint density at radius 3 is 2.18 bits per heavy atom. The van der Waals surface area contributed by atoms with E-state index in [2.05, 4.69) is 0 Å². The fourth-order valence-corrected chi connectivity index (χ4v) is 3.05. The monoisotopic (exact) mass is 396 g/mol. The Morgan fingerprint density at radius 1 is 1.07 bits per heavy atom. The molecule has 0 saturated heterocycles. The molecule has 2 aromatic rings. The highest BCUT2D eigenvalue weighted by molar-refractivity contribution is 6.09. The third kappa shape index (κ3) is 2.53. The van der Waals surface area contributed by atoms with Crippen molar-refractivity contribution in [3.05, 3.63) is 61.8 Å². The first-order valence-corrected chi connectivity index (χ1v) is 7.99. The SMILES string of the molecule is Cc1ccc(C(=O)N[C@]2(C(F)(F)F)C(=O)Nc3c2c(=O)n(C)c(=O)n3C)cc1. The quantitative estimate of drug-likeness (QED) is 0.773. The zero-order valence-electron chi connectivity index (χ0n) is 15.0. The Kier molecular flexibility index (Phi) is 4.21. The number of halogens is 3. The molecule has 8 nitrogen and oxygen atoms in total. The highest BCUT2D eigenvalue weighted by Crippen LogP contribution is 2.44. The molecule has 28 heavy (non-hydrogen) atoms. The number of nitrogens with one attached hydrogen (secondary N) is 2. The normalized spacial score (nSPS) is 18.6. The van der Waals surface area contributed by atoms with Crippen LogP contribution in [0.5, 0.6) is 0 Å². The smallest absolute Gasteiger partial charge is 0.326 e. The summed E-state index contributed by atoms with van der Waals surface area (Å²) < 4.78 is 43.5. The van der Waals surface area contributed by atoms with Gasteiger partial charge in [0.05, 0.1) is 0 Å². The van der Waals surface area contributed by atoms with Gasteiger partial charge in [-0.1, -0.05) is 17.7 Å². The van der Waals surface area contributed by atoms with Gasteiger partial charge in [-0.25, -0.2) is 4.79 Å². The molecule has 11 heteroatoms. The Morgan fingerprint density at radius 2 is 1.64 bits per heavy atom. The van der Waals surface area contributed by atoms with Gasteiger partial charge in [-0.15, -0.1) is 0 Å². The zero-order chi connectivity index (χ0) is 21.0. The summed E-state index contributed by atoms with van der Waals surface area (Å²) in [5.41, 5.74) is -6.31. The van der Waals surface area contributed by atoms with Crippen molar-refractivity contribution in [2.75, 3.05) is 5.32 Å². The molecule has 2 amide bonds. The van der Waals surface area contributed by atoms with Crippen LogP contribution >= 0.6 is 0 Å². The topological polar surface area (TPSA) is 102 Å². The van der Waals surface area contributed by atoms with Crippen LogP contribution in [-0.4, -0.2) is 27.1 Å². The van der Waals surface area contributed by atoms with Crippen molar-refractivity contribution in [2.24, 2.45) is 14.1 Å². The summed E-state index contributed by atoms with van der Waals surface area (Å²) in [5.74, 6) is -3.48. The number of hydrogen-bond acceptors (Lipinski definition) is 4. The van der Waals surface area contributed by atoms with Crippen molar-refractivity contribution in [1.29, 1.82) is 0 Å². The van der Waals surface area contributed by atoms with Gasteiger partial charge < -0.3 is 10.6 Å². The fourth-order valence-electron chi connectivity index (χ4n) is 3.05. The van der Waals surface area contributed by atoms with E-state index >= 15 is 0 Å². The lowest BCUT2D eigenvalue weighted by Gasteiger charge is -2.30. The molecule has 0 fully saturated rings. The van der Waals surface area contributed by atoms with E-state index in [0.717, 1.165) is 19.7 Å². The van der Waals surface area contributed by atoms with E-state index in [1.165, 1.54) is 24.3 Å². The highest BCUT2D eigenvalue weighted by Gasteiger charge is 2.68. The van der Waals surface area contributed by atoms with Crippen LogP contribution in [0.4, 0.5) is 19.0 Å². The Hall–Kier alpha value is -3.37. The number of rotatable bonds is 2. The van der Waals surface area contributed by atoms with E-state index in [4.69, 9.17) is 0 Å². The van der Waals surface area contributed by atoms with Crippen LogP contribution in [0.3, 0.4) is 0 Å². The van der Waals surface area contributed by atoms with Gasteiger partial charge in [0.15, 0.2) is 0 Å². The van der Waals surface area contributed by atoms with Crippen LogP contribution < -0.4 is 21.9 Å². The van der Waals surface area contributed by atoms with Crippen LogP contribution in [0.25, 0.3) is 0 Å². The molecule has 1 aliphatic rings. The van der Waals surface area contributed by atoms with Crippen LogP contribution in [0.1, 0.15) is 21.5 Å². The lowest BCUT2D eigenvalue weighted by atomic mass is 9.91. The van der Waals surface area contributed by atoms with Crippen molar-refractivity contribution in [1.82, 2.24) is 14.5 Å². The summed E-state index contributed by atoms with van der Waals surface area (Å²) in [6.45, 7) is 1.73.